The minimum atomic E-state index is -1.12. The van der Waals surface area contributed by atoms with Crippen molar-refractivity contribution in [2.24, 2.45) is 5.41 Å². The second kappa shape index (κ2) is 2.95. The summed E-state index contributed by atoms with van der Waals surface area (Å²) in [6.07, 6.45) is 1.02. The molecule has 0 spiro atoms. The maximum absolute atomic E-state index is 13.7. The molecule has 2 rings (SSSR count). The molecule has 68 valence electrons. The molecule has 0 amide bonds. The quantitative estimate of drug-likeness (QED) is 0.650. The van der Waals surface area contributed by atoms with Crippen LogP contribution in [0.2, 0.25) is 0 Å². The van der Waals surface area contributed by atoms with Crippen molar-refractivity contribution >= 4 is 6.29 Å². The van der Waals surface area contributed by atoms with Gasteiger partial charge in [-0.15, -0.1) is 0 Å². The van der Waals surface area contributed by atoms with Crippen molar-refractivity contribution < 1.29 is 9.18 Å². The zero-order valence-corrected chi connectivity index (χ0v) is 7.24. The third-order valence-corrected chi connectivity index (χ3v) is 2.66. The van der Waals surface area contributed by atoms with Crippen molar-refractivity contribution in [2.75, 3.05) is 0 Å². The molecule has 0 heterocycles. The number of rotatable bonds is 3. The van der Waals surface area contributed by atoms with Crippen molar-refractivity contribution in [2.45, 2.75) is 19.0 Å². The fourth-order valence-corrected chi connectivity index (χ4v) is 1.53. The van der Waals surface area contributed by atoms with Gasteiger partial charge in [0.15, 0.2) is 0 Å². The number of alkyl halides is 1. The lowest BCUT2D eigenvalue weighted by Crippen LogP contribution is -2.10. The number of halogens is 1. The molecule has 0 radical (unpaired) electrons. The topological polar surface area (TPSA) is 17.1 Å². The monoisotopic (exact) mass is 178 g/mol. The van der Waals surface area contributed by atoms with E-state index in [4.69, 9.17) is 0 Å². The van der Waals surface area contributed by atoms with Gasteiger partial charge < -0.3 is 4.79 Å². The predicted octanol–water partition coefficient (Wildman–Crippen LogP) is 2.68. The summed E-state index contributed by atoms with van der Waals surface area (Å²) in [5, 5.41) is 0. The Bertz CT molecular complexity index is 303. The lowest BCUT2D eigenvalue weighted by Gasteiger charge is -2.13. The van der Waals surface area contributed by atoms with E-state index < -0.39 is 11.6 Å². The van der Waals surface area contributed by atoms with E-state index in [0.717, 1.165) is 6.29 Å². The number of aldehydes is 1. The van der Waals surface area contributed by atoms with Crippen LogP contribution in [-0.4, -0.2) is 6.29 Å². The van der Waals surface area contributed by atoms with Crippen LogP contribution in [0.15, 0.2) is 30.3 Å². The highest BCUT2D eigenvalue weighted by Crippen LogP contribution is 2.54. The molecule has 1 saturated carbocycles. The molecule has 0 bridgehead atoms. The van der Waals surface area contributed by atoms with Crippen molar-refractivity contribution in [3.63, 3.8) is 0 Å². The highest BCUT2D eigenvalue weighted by molar-refractivity contribution is 5.65. The number of benzene rings is 1. The molecular formula is C11H11FO. The van der Waals surface area contributed by atoms with Crippen LogP contribution in [-0.2, 0) is 4.79 Å². The van der Waals surface area contributed by atoms with Crippen LogP contribution < -0.4 is 0 Å². The minimum Gasteiger partial charge on any atom is -0.303 e. The molecule has 1 aliphatic rings. The predicted molar refractivity (Wildman–Crippen MR) is 48.0 cm³/mol. The minimum absolute atomic E-state index is 0.618. The highest BCUT2D eigenvalue weighted by Gasteiger charge is 2.50. The lowest BCUT2D eigenvalue weighted by atomic mass is 9.96. The Morgan fingerprint density at radius 2 is 1.92 bits per heavy atom. The van der Waals surface area contributed by atoms with Crippen LogP contribution in [0.4, 0.5) is 4.39 Å². The maximum Gasteiger partial charge on any atom is 0.137 e. The summed E-state index contributed by atoms with van der Waals surface area (Å²) in [5.74, 6) is 0. The summed E-state index contributed by atoms with van der Waals surface area (Å²) in [6, 6.07) is 8.89. The third kappa shape index (κ3) is 1.37. The third-order valence-electron chi connectivity index (χ3n) is 2.66. The Labute approximate surface area is 76.6 Å². The lowest BCUT2D eigenvalue weighted by molar-refractivity contribution is -0.114. The van der Waals surface area contributed by atoms with Gasteiger partial charge in [-0.3, -0.25) is 0 Å². The van der Waals surface area contributed by atoms with Crippen LogP contribution in [0.25, 0.3) is 0 Å². The molecular weight excluding hydrogens is 167 g/mol. The van der Waals surface area contributed by atoms with Gasteiger partial charge in [0, 0.05) is 0 Å². The molecule has 1 unspecified atom stereocenters. The molecule has 1 nitrogen and oxygen atoms in total. The number of hydrogen-bond acceptors (Lipinski definition) is 1. The molecule has 0 aliphatic heterocycles. The first-order valence-electron chi connectivity index (χ1n) is 4.44. The molecule has 13 heavy (non-hydrogen) atoms. The van der Waals surface area contributed by atoms with E-state index in [0.29, 0.717) is 18.4 Å². The van der Waals surface area contributed by atoms with Crippen LogP contribution in [0.3, 0.4) is 0 Å². The van der Waals surface area contributed by atoms with Crippen LogP contribution in [0.1, 0.15) is 24.6 Å². The second-order valence-electron chi connectivity index (χ2n) is 3.62. The van der Waals surface area contributed by atoms with E-state index in [-0.39, 0.29) is 0 Å². The Morgan fingerprint density at radius 1 is 1.31 bits per heavy atom. The fourth-order valence-electron chi connectivity index (χ4n) is 1.53. The van der Waals surface area contributed by atoms with Crippen LogP contribution in [0.5, 0.6) is 0 Å². The SMILES string of the molecule is O=CC1(C(F)c2ccccc2)CC1. The van der Waals surface area contributed by atoms with Gasteiger partial charge in [0.25, 0.3) is 0 Å². The molecule has 1 aliphatic carbocycles. The zero-order chi connectivity index (χ0) is 9.31. The Balaban J connectivity index is 2.23. The molecule has 1 aromatic carbocycles. The summed E-state index contributed by atoms with van der Waals surface area (Å²) < 4.78 is 13.7. The van der Waals surface area contributed by atoms with Crippen molar-refractivity contribution in [1.82, 2.24) is 0 Å². The van der Waals surface area contributed by atoms with Crippen molar-refractivity contribution in [1.29, 1.82) is 0 Å². The van der Waals surface area contributed by atoms with E-state index in [1.165, 1.54) is 0 Å². The number of hydrogen-bond donors (Lipinski definition) is 0. The molecule has 0 saturated heterocycles. The van der Waals surface area contributed by atoms with Gasteiger partial charge in [0.05, 0.1) is 5.41 Å². The molecule has 0 aromatic heterocycles. The summed E-state index contributed by atoms with van der Waals surface area (Å²) in [6.45, 7) is 0. The Hall–Kier alpha value is -1.18. The van der Waals surface area contributed by atoms with Crippen molar-refractivity contribution in [3.05, 3.63) is 35.9 Å². The first-order chi connectivity index (χ1) is 6.28. The Morgan fingerprint density at radius 3 is 2.38 bits per heavy atom. The first-order valence-corrected chi connectivity index (χ1v) is 4.44. The van der Waals surface area contributed by atoms with E-state index in [1.807, 2.05) is 6.07 Å². The summed E-state index contributed by atoms with van der Waals surface area (Å²) in [5.41, 5.74) is -0.0754. The number of carbonyl (C=O) groups is 1. The summed E-state index contributed by atoms with van der Waals surface area (Å²) in [7, 11) is 0. The van der Waals surface area contributed by atoms with Crippen LogP contribution >= 0.6 is 0 Å². The molecule has 1 atom stereocenters. The van der Waals surface area contributed by atoms with E-state index in [9.17, 15) is 9.18 Å². The van der Waals surface area contributed by atoms with Gasteiger partial charge in [-0.1, -0.05) is 30.3 Å². The van der Waals surface area contributed by atoms with Gasteiger partial charge in [0.2, 0.25) is 0 Å². The number of carbonyl (C=O) groups excluding carboxylic acids is 1. The summed E-state index contributed by atoms with van der Waals surface area (Å²) in [4.78, 5) is 10.7. The smallest absolute Gasteiger partial charge is 0.137 e. The first kappa shape index (κ1) is 8.42. The van der Waals surface area contributed by atoms with Gasteiger partial charge in [-0.2, -0.15) is 0 Å². The van der Waals surface area contributed by atoms with Gasteiger partial charge in [0.1, 0.15) is 12.5 Å². The van der Waals surface area contributed by atoms with Gasteiger partial charge >= 0.3 is 0 Å². The highest BCUT2D eigenvalue weighted by atomic mass is 19.1. The normalized spacial score (nSPS) is 20.7. The van der Waals surface area contributed by atoms with Crippen molar-refractivity contribution in [3.8, 4) is 0 Å². The Kier molecular flexibility index (Phi) is 1.91. The fraction of sp³-hybridized carbons (Fsp3) is 0.364. The zero-order valence-electron chi connectivity index (χ0n) is 7.24. The molecule has 1 aromatic rings. The molecule has 2 heteroatoms. The van der Waals surface area contributed by atoms with Crippen LogP contribution in [0, 0.1) is 5.41 Å². The summed E-state index contributed by atoms with van der Waals surface area (Å²) >= 11 is 0. The standard InChI is InChI=1S/C11H11FO/c12-10(11(8-13)6-7-11)9-4-2-1-3-5-9/h1-5,8,10H,6-7H2. The van der Waals surface area contributed by atoms with E-state index >= 15 is 0 Å². The van der Waals surface area contributed by atoms with E-state index in [2.05, 4.69) is 0 Å². The average molecular weight is 178 g/mol. The maximum atomic E-state index is 13.7. The van der Waals surface area contributed by atoms with Gasteiger partial charge in [-0.05, 0) is 18.4 Å². The second-order valence-corrected chi connectivity index (χ2v) is 3.62. The molecule has 0 N–H and O–H groups in total. The average Bonchev–Trinajstić information content (AvgIpc) is 2.99. The van der Waals surface area contributed by atoms with Gasteiger partial charge in [-0.25, -0.2) is 4.39 Å². The van der Waals surface area contributed by atoms with E-state index in [1.54, 1.807) is 24.3 Å². The molecule has 1 fully saturated rings. The largest absolute Gasteiger partial charge is 0.303 e.